The fraction of sp³-hybridized carbons (Fsp3) is 0.571. The van der Waals surface area contributed by atoms with Crippen LogP contribution in [0.15, 0.2) is 24.3 Å². The van der Waals surface area contributed by atoms with Gasteiger partial charge < -0.3 is 15.8 Å². The smallest absolute Gasteiger partial charge is 0.121 e. The molecule has 3 nitrogen and oxygen atoms in total. The van der Waals surface area contributed by atoms with E-state index in [4.69, 9.17) is 10.5 Å². The maximum atomic E-state index is 6.03. The van der Waals surface area contributed by atoms with Crippen molar-refractivity contribution < 1.29 is 4.74 Å². The Labute approximate surface area is 104 Å². The van der Waals surface area contributed by atoms with Crippen molar-refractivity contribution in [2.75, 3.05) is 18.5 Å². The topological polar surface area (TPSA) is 47.3 Å². The summed E-state index contributed by atoms with van der Waals surface area (Å²) >= 11 is 0. The summed E-state index contributed by atoms with van der Waals surface area (Å²) in [7, 11) is 0. The van der Waals surface area contributed by atoms with E-state index in [2.05, 4.69) is 19.2 Å². The summed E-state index contributed by atoms with van der Waals surface area (Å²) in [6, 6.07) is 8.19. The molecule has 1 atom stereocenters. The van der Waals surface area contributed by atoms with Crippen LogP contribution in [0.5, 0.6) is 5.75 Å². The standard InChI is InChI=1S/C14H24N2O/c1-4-17-14-7-5-6-13(9-14)16-10-12(15)8-11(2)3/h5-7,9,11-12,16H,4,8,10,15H2,1-3H3. The average molecular weight is 236 g/mol. The molecule has 1 unspecified atom stereocenters. The molecule has 0 amide bonds. The van der Waals surface area contributed by atoms with E-state index < -0.39 is 0 Å². The highest BCUT2D eigenvalue weighted by Crippen LogP contribution is 2.17. The first-order chi connectivity index (χ1) is 8.11. The first-order valence-corrected chi connectivity index (χ1v) is 6.34. The Morgan fingerprint density at radius 3 is 2.76 bits per heavy atom. The van der Waals surface area contributed by atoms with Crippen LogP contribution in [0.2, 0.25) is 0 Å². The third kappa shape index (κ3) is 5.59. The van der Waals surface area contributed by atoms with Crippen molar-refractivity contribution in [1.29, 1.82) is 0 Å². The van der Waals surface area contributed by atoms with Crippen LogP contribution in [0.1, 0.15) is 27.2 Å². The lowest BCUT2D eigenvalue weighted by molar-refractivity contribution is 0.340. The number of nitrogens with one attached hydrogen (secondary N) is 1. The van der Waals surface area contributed by atoms with Gasteiger partial charge in [0.2, 0.25) is 0 Å². The number of hydrogen-bond donors (Lipinski definition) is 2. The summed E-state index contributed by atoms with van der Waals surface area (Å²) < 4.78 is 5.45. The van der Waals surface area contributed by atoms with Gasteiger partial charge in [0.25, 0.3) is 0 Å². The Kier molecular flexibility index (Phi) is 5.84. The molecule has 1 rings (SSSR count). The van der Waals surface area contributed by atoms with Crippen molar-refractivity contribution in [1.82, 2.24) is 0 Å². The lowest BCUT2D eigenvalue weighted by Crippen LogP contribution is -2.30. The van der Waals surface area contributed by atoms with Crippen molar-refractivity contribution in [2.45, 2.75) is 33.2 Å². The van der Waals surface area contributed by atoms with Gasteiger partial charge in [-0.2, -0.15) is 0 Å². The molecule has 0 aliphatic heterocycles. The van der Waals surface area contributed by atoms with Gasteiger partial charge in [-0.05, 0) is 31.4 Å². The Hall–Kier alpha value is -1.22. The van der Waals surface area contributed by atoms with Crippen LogP contribution in [0.4, 0.5) is 5.69 Å². The van der Waals surface area contributed by atoms with Gasteiger partial charge in [0.15, 0.2) is 0 Å². The van der Waals surface area contributed by atoms with Crippen molar-refractivity contribution >= 4 is 5.69 Å². The molecule has 96 valence electrons. The molecule has 0 aliphatic carbocycles. The largest absolute Gasteiger partial charge is 0.494 e. The zero-order valence-corrected chi connectivity index (χ0v) is 11.1. The zero-order chi connectivity index (χ0) is 12.7. The van der Waals surface area contributed by atoms with Gasteiger partial charge in [-0.3, -0.25) is 0 Å². The van der Waals surface area contributed by atoms with E-state index >= 15 is 0 Å². The molecule has 17 heavy (non-hydrogen) atoms. The van der Waals surface area contributed by atoms with E-state index in [1.807, 2.05) is 31.2 Å². The quantitative estimate of drug-likeness (QED) is 0.765. The molecule has 1 aromatic carbocycles. The second-order valence-electron chi connectivity index (χ2n) is 4.73. The maximum Gasteiger partial charge on any atom is 0.121 e. The normalized spacial score (nSPS) is 12.5. The van der Waals surface area contributed by atoms with Crippen LogP contribution in [-0.2, 0) is 0 Å². The second-order valence-corrected chi connectivity index (χ2v) is 4.73. The SMILES string of the molecule is CCOc1cccc(NCC(N)CC(C)C)c1. The second kappa shape index (κ2) is 7.17. The summed E-state index contributed by atoms with van der Waals surface area (Å²) in [6.45, 7) is 7.86. The molecule has 0 saturated heterocycles. The van der Waals surface area contributed by atoms with Gasteiger partial charge >= 0.3 is 0 Å². The van der Waals surface area contributed by atoms with Gasteiger partial charge in [-0.15, -0.1) is 0 Å². The highest BCUT2D eigenvalue weighted by molar-refractivity contribution is 5.48. The molecule has 0 heterocycles. The van der Waals surface area contributed by atoms with Gasteiger partial charge in [0.1, 0.15) is 5.75 Å². The number of rotatable bonds is 7. The van der Waals surface area contributed by atoms with Crippen LogP contribution < -0.4 is 15.8 Å². The molecular weight excluding hydrogens is 212 g/mol. The average Bonchev–Trinajstić information content (AvgIpc) is 2.26. The Balaban J connectivity index is 2.43. The van der Waals surface area contributed by atoms with Crippen molar-refractivity contribution in [3.63, 3.8) is 0 Å². The Bertz CT molecular complexity index is 326. The van der Waals surface area contributed by atoms with E-state index in [0.717, 1.165) is 24.4 Å². The monoisotopic (exact) mass is 236 g/mol. The van der Waals surface area contributed by atoms with Crippen LogP contribution in [0.3, 0.4) is 0 Å². The van der Waals surface area contributed by atoms with Crippen LogP contribution in [0, 0.1) is 5.92 Å². The summed E-state index contributed by atoms with van der Waals surface area (Å²) in [5.41, 5.74) is 7.09. The van der Waals surface area contributed by atoms with Gasteiger partial charge in [0.05, 0.1) is 6.61 Å². The molecule has 0 saturated carbocycles. The van der Waals surface area contributed by atoms with E-state index in [9.17, 15) is 0 Å². The fourth-order valence-electron chi connectivity index (χ4n) is 1.80. The number of nitrogens with two attached hydrogens (primary N) is 1. The highest BCUT2D eigenvalue weighted by Gasteiger charge is 2.05. The molecule has 0 fully saturated rings. The van der Waals surface area contributed by atoms with Gasteiger partial charge in [-0.1, -0.05) is 19.9 Å². The van der Waals surface area contributed by atoms with E-state index in [0.29, 0.717) is 12.5 Å². The first-order valence-electron chi connectivity index (χ1n) is 6.34. The van der Waals surface area contributed by atoms with Gasteiger partial charge in [-0.25, -0.2) is 0 Å². The maximum absolute atomic E-state index is 6.03. The van der Waals surface area contributed by atoms with Crippen molar-refractivity contribution in [3.8, 4) is 5.75 Å². The van der Waals surface area contributed by atoms with E-state index in [-0.39, 0.29) is 6.04 Å². The molecule has 0 radical (unpaired) electrons. The van der Waals surface area contributed by atoms with Crippen molar-refractivity contribution in [2.24, 2.45) is 11.7 Å². The highest BCUT2D eigenvalue weighted by atomic mass is 16.5. The zero-order valence-electron chi connectivity index (χ0n) is 11.1. The molecule has 0 aromatic heterocycles. The van der Waals surface area contributed by atoms with Crippen LogP contribution in [-0.4, -0.2) is 19.2 Å². The van der Waals surface area contributed by atoms with Crippen LogP contribution >= 0.6 is 0 Å². The third-order valence-corrected chi connectivity index (χ3v) is 2.49. The molecule has 1 aromatic rings. The minimum atomic E-state index is 0.200. The molecule has 0 aliphatic rings. The molecular formula is C14H24N2O. The predicted molar refractivity (Wildman–Crippen MR) is 73.5 cm³/mol. The van der Waals surface area contributed by atoms with E-state index in [1.165, 1.54) is 0 Å². The molecule has 3 N–H and O–H groups in total. The summed E-state index contributed by atoms with van der Waals surface area (Å²) in [4.78, 5) is 0. The summed E-state index contributed by atoms with van der Waals surface area (Å²) in [5, 5.41) is 3.34. The molecule has 0 spiro atoms. The Morgan fingerprint density at radius 1 is 1.35 bits per heavy atom. The minimum Gasteiger partial charge on any atom is -0.494 e. The number of benzene rings is 1. The summed E-state index contributed by atoms with van der Waals surface area (Å²) in [6.07, 6.45) is 1.04. The lowest BCUT2D eigenvalue weighted by atomic mass is 10.0. The van der Waals surface area contributed by atoms with E-state index in [1.54, 1.807) is 0 Å². The minimum absolute atomic E-state index is 0.200. The van der Waals surface area contributed by atoms with Gasteiger partial charge in [0, 0.05) is 24.3 Å². The summed E-state index contributed by atoms with van der Waals surface area (Å²) in [5.74, 6) is 1.54. The third-order valence-electron chi connectivity index (χ3n) is 2.49. The fourth-order valence-corrected chi connectivity index (χ4v) is 1.80. The predicted octanol–water partition coefficient (Wildman–Crippen LogP) is 2.87. The lowest BCUT2D eigenvalue weighted by Gasteiger charge is -2.16. The van der Waals surface area contributed by atoms with Crippen LogP contribution in [0.25, 0.3) is 0 Å². The Morgan fingerprint density at radius 2 is 2.12 bits per heavy atom. The van der Waals surface area contributed by atoms with Crippen molar-refractivity contribution in [3.05, 3.63) is 24.3 Å². The number of hydrogen-bond acceptors (Lipinski definition) is 3. The number of anilines is 1. The molecule has 3 heteroatoms. The number of ether oxygens (including phenoxy) is 1. The first kappa shape index (κ1) is 13.8. The molecule has 0 bridgehead atoms.